The average molecular weight is 360 g/mol. The highest BCUT2D eigenvalue weighted by atomic mass is 79.9. The van der Waals surface area contributed by atoms with Gasteiger partial charge in [0.25, 0.3) is 0 Å². The smallest absolute Gasteiger partial charge is 0.234 e. The zero-order valence-electron chi connectivity index (χ0n) is 12.7. The lowest BCUT2D eigenvalue weighted by molar-refractivity contribution is -0.119. The van der Waals surface area contributed by atoms with E-state index in [4.69, 9.17) is 4.74 Å². The standard InChI is InChI=1S/C18H18BrNO2/c1-3-22-17-7-5-4-6-12(17)10-15-14-11-13(19)8-9-16(14)20(2)18(15)21/h4-9,11,15H,3,10H2,1-2H3/t15-/m1/s1. The quantitative estimate of drug-likeness (QED) is 0.820. The third kappa shape index (κ3) is 2.63. The van der Waals surface area contributed by atoms with Crippen molar-refractivity contribution >= 4 is 27.5 Å². The molecule has 3 nitrogen and oxygen atoms in total. The van der Waals surface area contributed by atoms with E-state index in [2.05, 4.69) is 15.9 Å². The number of likely N-dealkylation sites (N-methyl/N-ethyl adjacent to an activating group) is 1. The van der Waals surface area contributed by atoms with E-state index in [1.807, 2.05) is 56.4 Å². The highest BCUT2D eigenvalue weighted by molar-refractivity contribution is 9.10. The molecule has 0 fully saturated rings. The Morgan fingerprint density at radius 1 is 1.23 bits per heavy atom. The molecule has 0 aliphatic carbocycles. The van der Waals surface area contributed by atoms with Crippen molar-refractivity contribution in [2.45, 2.75) is 19.3 Å². The third-order valence-corrected chi connectivity index (χ3v) is 4.54. The van der Waals surface area contributed by atoms with Crippen LogP contribution < -0.4 is 9.64 Å². The summed E-state index contributed by atoms with van der Waals surface area (Å²) in [5.41, 5.74) is 3.14. The molecule has 0 saturated carbocycles. The minimum atomic E-state index is -0.154. The summed E-state index contributed by atoms with van der Waals surface area (Å²) in [7, 11) is 1.84. The summed E-state index contributed by atoms with van der Waals surface area (Å²) in [4.78, 5) is 14.4. The Morgan fingerprint density at radius 2 is 2.00 bits per heavy atom. The number of benzene rings is 2. The number of hydrogen-bond acceptors (Lipinski definition) is 2. The van der Waals surface area contributed by atoms with E-state index in [0.29, 0.717) is 13.0 Å². The molecule has 2 aromatic rings. The Labute approximate surface area is 139 Å². The van der Waals surface area contributed by atoms with Crippen LogP contribution in [-0.2, 0) is 11.2 Å². The largest absolute Gasteiger partial charge is 0.494 e. The summed E-state index contributed by atoms with van der Waals surface area (Å²) in [5.74, 6) is 0.849. The van der Waals surface area contributed by atoms with Gasteiger partial charge >= 0.3 is 0 Å². The maximum absolute atomic E-state index is 12.6. The molecule has 1 amide bonds. The lowest BCUT2D eigenvalue weighted by atomic mass is 9.93. The number of hydrogen-bond donors (Lipinski definition) is 0. The topological polar surface area (TPSA) is 29.5 Å². The molecule has 2 aromatic carbocycles. The van der Waals surface area contributed by atoms with Crippen molar-refractivity contribution in [2.75, 3.05) is 18.6 Å². The van der Waals surface area contributed by atoms with Crippen molar-refractivity contribution in [3.05, 3.63) is 58.1 Å². The van der Waals surface area contributed by atoms with Gasteiger partial charge in [0, 0.05) is 17.2 Å². The number of nitrogens with zero attached hydrogens (tertiary/aromatic N) is 1. The van der Waals surface area contributed by atoms with E-state index in [-0.39, 0.29) is 11.8 Å². The Bertz CT molecular complexity index is 714. The number of rotatable bonds is 4. The van der Waals surface area contributed by atoms with E-state index < -0.39 is 0 Å². The number of carbonyl (C=O) groups excluding carboxylic acids is 1. The average Bonchev–Trinajstić information content (AvgIpc) is 2.74. The maximum Gasteiger partial charge on any atom is 0.234 e. The first-order valence-corrected chi connectivity index (χ1v) is 8.18. The van der Waals surface area contributed by atoms with Crippen LogP contribution in [0.4, 0.5) is 5.69 Å². The summed E-state index contributed by atoms with van der Waals surface area (Å²) < 4.78 is 6.68. The molecule has 1 aliphatic heterocycles. The first-order chi connectivity index (χ1) is 10.6. The van der Waals surface area contributed by atoms with Gasteiger partial charge in [-0.1, -0.05) is 34.1 Å². The highest BCUT2D eigenvalue weighted by Crippen LogP contribution is 2.40. The van der Waals surface area contributed by atoms with Gasteiger partial charge in [-0.15, -0.1) is 0 Å². The fraction of sp³-hybridized carbons (Fsp3) is 0.278. The zero-order chi connectivity index (χ0) is 15.7. The zero-order valence-corrected chi connectivity index (χ0v) is 14.3. The monoisotopic (exact) mass is 359 g/mol. The fourth-order valence-corrected chi connectivity index (χ4v) is 3.36. The number of ether oxygens (including phenoxy) is 1. The molecule has 114 valence electrons. The summed E-state index contributed by atoms with van der Waals surface area (Å²) in [6, 6.07) is 14.0. The van der Waals surface area contributed by atoms with Crippen LogP contribution in [0.5, 0.6) is 5.75 Å². The molecule has 0 unspecified atom stereocenters. The van der Waals surface area contributed by atoms with E-state index >= 15 is 0 Å². The molecule has 1 aliphatic rings. The van der Waals surface area contributed by atoms with Gasteiger partial charge in [-0.2, -0.15) is 0 Å². The second-order valence-corrected chi connectivity index (χ2v) is 6.31. The van der Waals surface area contributed by atoms with Gasteiger partial charge in [-0.05, 0) is 48.7 Å². The van der Waals surface area contributed by atoms with Gasteiger partial charge in [-0.25, -0.2) is 0 Å². The van der Waals surface area contributed by atoms with Gasteiger partial charge in [0.05, 0.1) is 12.5 Å². The second kappa shape index (κ2) is 6.13. The van der Waals surface area contributed by atoms with E-state index in [1.165, 1.54) is 0 Å². The Morgan fingerprint density at radius 3 is 2.77 bits per heavy atom. The van der Waals surface area contributed by atoms with Crippen LogP contribution in [0.15, 0.2) is 46.9 Å². The summed E-state index contributed by atoms with van der Waals surface area (Å²) in [6.07, 6.45) is 0.656. The minimum absolute atomic E-state index is 0.138. The lowest BCUT2D eigenvalue weighted by Crippen LogP contribution is -2.25. The van der Waals surface area contributed by atoms with Crippen LogP contribution in [0.1, 0.15) is 24.0 Å². The highest BCUT2D eigenvalue weighted by Gasteiger charge is 2.35. The van der Waals surface area contributed by atoms with Crippen molar-refractivity contribution < 1.29 is 9.53 Å². The number of halogens is 1. The van der Waals surface area contributed by atoms with Gasteiger partial charge in [0.1, 0.15) is 5.75 Å². The molecule has 1 atom stereocenters. The third-order valence-electron chi connectivity index (χ3n) is 4.05. The fourth-order valence-electron chi connectivity index (χ4n) is 2.98. The molecule has 3 rings (SSSR count). The van der Waals surface area contributed by atoms with Crippen molar-refractivity contribution in [3.63, 3.8) is 0 Å². The van der Waals surface area contributed by atoms with Crippen LogP contribution in [-0.4, -0.2) is 19.6 Å². The minimum Gasteiger partial charge on any atom is -0.494 e. The molecule has 0 aromatic heterocycles. The van der Waals surface area contributed by atoms with E-state index in [9.17, 15) is 4.79 Å². The van der Waals surface area contributed by atoms with Crippen molar-refractivity contribution in [1.82, 2.24) is 0 Å². The van der Waals surface area contributed by atoms with Gasteiger partial charge in [-0.3, -0.25) is 4.79 Å². The normalized spacial score (nSPS) is 16.8. The van der Waals surface area contributed by atoms with Gasteiger partial charge in [0.2, 0.25) is 5.91 Å². The summed E-state index contributed by atoms with van der Waals surface area (Å²) >= 11 is 3.50. The molecular formula is C18H18BrNO2. The van der Waals surface area contributed by atoms with E-state index in [1.54, 1.807) is 4.90 Å². The molecule has 4 heteroatoms. The molecule has 0 bridgehead atoms. The molecule has 1 heterocycles. The Balaban J connectivity index is 1.97. The number of carbonyl (C=O) groups is 1. The molecule has 0 radical (unpaired) electrons. The Hall–Kier alpha value is -1.81. The predicted molar refractivity (Wildman–Crippen MR) is 91.6 cm³/mol. The first-order valence-electron chi connectivity index (χ1n) is 7.39. The SMILES string of the molecule is CCOc1ccccc1C[C@H]1C(=O)N(C)c2ccc(Br)cc21. The van der Waals surface area contributed by atoms with Crippen LogP contribution >= 0.6 is 15.9 Å². The van der Waals surface area contributed by atoms with Crippen LogP contribution in [0, 0.1) is 0 Å². The Kier molecular flexibility index (Phi) is 4.21. The summed E-state index contributed by atoms with van der Waals surface area (Å²) in [6.45, 7) is 2.59. The van der Waals surface area contributed by atoms with Crippen molar-refractivity contribution in [2.24, 2.45) is 0 Å². The van der Waals surface area contributed by atoms with E-state index in [0.717, 1.165) is 27.0 Å². The summed E-state index contributed by atoms with van der Waals surface area (Å²) in [5, 5.41) is 0. The first kappa shape index (κ1) is 15.1. The number of para-hydroxylation sites is 1. The molecule has 0 N–H and O–H groups in total. The molecule has 22 heavy (non-hydrogen) atoms. The second-order valence-electron chi connectivity index (χ2n) is 5.40. The number of amides is 1. The van der Waals surface area contributed by atoms with Gasteiger partial charge in [0.15, 0.2) is 0 Å². The van der Waals surface area contributed by atoms with Crippen molar-refractivity contribution in [3.8, 4) is 5.75 Å². The molecule has 0 spiro atoms. The van der Waals surface area contributed by atoms with Crippen molar-refractivity contribution in [1.29, 1.82) is 0 Å². The number of anilines is 1. The lowest BCUT2D eigenvalue weighted by Gasteiger charge is -2.14. The van der Waals surface area contributed by atoms with Gasteiger partial charge < -0.3 is 9.64 Å². The van der Waals surface area contributed by atoms with Crippen LogP contribution in [0.2, 0.25) is 0 Å². The number of fused-ring (bicyclic) bond motifs is 1. The maximum atomic E-state index is 12.6. The molecule has 0 saturated heterocycles. The molecular weight excluding hydrogens is 342 g/mol. The van der Waals surface area contributed by atoms with Crippen LogP contribution in [0.3, 0.4) is 0 Å². The predicted octanol–water partition coefficient (Wildman–Crippen LogP) is 4.15. The van der Waals surface area contributed by atoms with Crippen LogP contribution in [0.25, 0.3) is 0 Å².